The van der Waals surface area contributed by atoms with Gasteiger partial charge >= 0.3 is 0 Å². The molecule has 0 saturated carbocycles. The van der Waals surface area contributed by atoms with E-state index in [2.05, 4.69) is 26.1 Å². The fraction of sp³-hybridized carbons (Fsp3) is 0.409. The van der Waals surface area contributed by atoms with Crippen LogP contribution in [0, 0.1) is 0 Å². The second-order valence-electron chi connectivity index (χ2n) is 7.90. The summed E-state index contributed by atoms with van der Waals surface area (Å²) in [5.41, 5.74) is 1.82. The number of ether oxygens (including phenoxy) is 1. The monoisotopic (exact) mass is 403 g/mol. The number of hydrogen-bond donors (Lipinski definition) is 1. The van der Waals surface area contributed by atoms with Crippen molar-refractivity contribution in [3.63, 3.8) is 0 Å². The normalized spacial score (nSPS) is 13.0. The van der Waals surface area contributed by atoms with Gasteiger partial charge in [-0.1, -0.05) is 58.0 Å². The first-order valence-corrected chi connectivity index (χ1v) is 11.2. The zero-order chi connectivity index (χ0) is 20.9. The lowest BCUT2D eigenvalue weighted by Crippen LogP contribution is -2.32. The highest BCUT2D eigenvalue weighted by Crippen LogP contribution is 2.30. The summed E-state index contributed by atoms with van der Waals surface area (Å²) in [5.74, 6) is 0.485. The maximum Gasteiger partial charge on any atom is 0.258 e. The second kappa shape index (κ2) is 8.78. The largest absolute Gasteiger partial charge is 0.483 e. The van der Waals surface area contributed by atoms with E-state index in [1.165, 1.54) is 6.26 Å². The van der Waals surface area contributed by atoms with Crippen LogP contribution in [0.25, 0.3) is 0 Å². The van der Waals surface area contributed by atoms with Gasteiger partial charge in [0.1, 0.15) is 5.75 Å². The Morgan fingerprint density at radius 3 is 2.21 bits per heavy atom. The van der Waals surface area contributed by atoms with E-state index in [9.17, 15) is 13.2 Å². The third-order valence-electron chi connectivity index (χ3n) is 4.51. The SMILES string of the molecule is CC[C@@H](NC(=O)COc1ccccc1C(C)(C)C)c1ccc(S(C)(=O)=O)cc1. The van der Waals surface area contributed by atoms with Crippen LogP contribution < -0.4 is 10.1 Å². The van der Waals surface area contributed by atoms with E-state index in [1.807, 2.05) is 31.2 Å². The molecule has 1 N–H and O–H groups in total. The fourth-order valence-electron chi connectivity index (χ4n) is 2.96. The van der Waals surface area contributed by atoms with Crippen molar-refractivity contribution < 1.29 is 17.9 Å². The van der Waals surface area contributed by atoms with Crippen LogP contribution in [0.3, 0.4) is 0 Å². The Hall–Kier alpha value is -2.34. The van der Waals surface area contributed by atoms with Gasteiger partial charge in [0.15, 0.2) is 16.4 Å². The average molecular weight is 404 g/mol. The number of sulfone groups is 1. The Labute approximate surface area is 168 Å². The number of hydrogen-bond acceptors (Lipinski definition) is 4. The maximum atomic E-state index is 12.4. The molecule has 0 aliphatic heterocycles. The summed E-state index contributed by atoms with van der Waals surface area (Å²) in [5, 5.41) is 2.96. The van der Waals surface area contributed by atoms with Gasteiger partial charge in [-0.2, -0.15) is 0 Å². The summed E-state index contributed by atoms with van der Waals surface area (Å²) < 4.78 is 29.0. The van der Waals surface area contributed by atoms with Crippen molar-refractivity contribution in [1.29, 1.82) is 0 Å². The van der Waals surface area contributed by atoms with Crippen LogP contribution >= 0.6 is 0 Å². The molecule has 0 saturated heterocycles. The van der Waals surface area contributed by atoms with Crippen molar-refractivity contribution in [2.45, 2.75) is 50.5 Å². The third-order valence-corrected chi connectivity index (χ3v) is 5.64. The molecule has 0 unspecified atom stereocenters. The molecule has 0 aromatic heterocycles. The first kappa shape index (κ1) is 22.0. The lowest BCUT2D eigenvalue weighted by atomic mass is 9.86. The van der Waals surface area contributed by atoms with E-state index in [4.69, 9.17) is 4.74 Å². The molecule has 0 aliphatic carbocycles. The van der Waals surface area contributed by atoms with Gasteiger partial charge in [-0.15, -0.1) is 0 Å². The van der Waals surface area contributed by atoms with E-state index in [0.717, 1.165) is 11.1 Å². The predicted octanol–water partition coefficient (Wildman–Crippen LogP) is 4.03. The average Bonchev–Trinajstić information content (AvgIpc) is 2.63. The van der Waals surface area contributed by atoms with E-state index in [0.29, 0.717) is 12.2 Å². The van der Waals surface area contributed by atoms with Gasteiger partial charge in [0.25, 0.3) is 5.91 Å². The van der Waals surface area contributed by atoms with Crippen LogP contribution in [0.5, 0.6) is 5.75 Å². The zero-order valence-corrected chi connectivity index (χ0v) is 18.0. The van der Waals surface area contributed by atoms with Gasteiger partial charge < -0.3 is 10.1 Å². The van der Waals surface area contributed by atoms with Crippen molar-refractivity contribution in [2.24, 2.45) is 0 Å². The van der Waals surface area contributed by atoms with Crippen molar-refractivity contribution in [3.8, 4) is 5.75 Å². The van der Waals surface area contributed by atoms with E-state index in [-0.39, 0.29) is 28.9 Å². The molecule has 1 atom stereocenters. The molecular weight excluding hydrogens is 374 g/mol. The van der Waals surface area contributed by atoms with Gasteiger partial charge in [-0.3, -0.25) is 4.79 Å². The van der Waals surface area contributed by atoms with Gasteiger partial charge in [-0.05, 0) is 41.2 Å². The molecule has 2 aromatic rings. The van der Waals surface area contributed by atoms with Crippen LogP contribution in [0.1, 0.15) is 51.3 Å². The number of benzene rings is 2. The third kappa shape index (κ3) is 5.83. The van der Waals surface area contributed by atoms with E-state index >= 15 is 0 Å². The van der Waals surface area contributed by atoms with Gasteiger partial charge in [0.2, 0.25) is 0 Å². The van der Waals surface area contributed by atoms with Crippen LogP contribution in [0.4, 0.5) is 0 Å². The number of nitrogens with one attached hydrogen (secondary N) is 1. The smallest absolute Gasteiger partial charge is 0.258 e. The molecule has 0 heterocycles. The van der Waals surface area contributed by atoms with Crippen molar-refractivity contribution in [1.82, 2.24) is 5.32 Å². The first-order valence-electron chi connectivity index (χ1n) is 9.34. The number of carbonyl (C=O) groups is 1. The molecule has 28 heavy (non-hydrogen) atoms. The molecule has 0 fully saturated rings. The number of carbonyl (C=O) groups excluding carboxylic acids is 1. The highest BCUT2D eigenvalue weighted by atomic mass is 32.2. The number of rotatable bonds is 7. The van der Waals surface area contributed by atoms with Gasteiger partial charge in [0, 0.05) is 6.26 Å². The summed E-state index contributed by atoms with van der Waals surface area (Å²) in [6.45, 7) is 8.18. The summed E-state index contributed by atoms with van der Waals surface area (Å²) in [6.07, 6.45) is 1.86. The molecular formula is C22H29NO4S. The number of para-hydroxylation sites is 1. The number of amides is 1. The lowest BCUT2D eigenvalue weighted by Gasteiger charge is -2.23. The topological polar surface area (TPSA) is 72.5 Å². The Balaban J connectivity index is 2.04. The molecule has 2 aromatic carbocycles. The van der Waals surface area contributed by atoms with Crippen molar-refractivity contribution in [3.05, 3.63) is 59.7 Å². The highest BCUT2D eigenvalue weighted by Gasteiger charge is 2.20. The Morgan fingerprint density at radius 2 is 1.68 bits per heavy atom. The molecule has 0 spiro atoms. The standard InChI is InChI=1S/C22H29NO4S/c1-6-19(16-11-13-17(14-12-16)28(5,25)26)23-21(24)15-27-20-10-8-7-9-18(20)22(2,3)4/h7-14,19H,6,15H2,1-5H3,(H,23,24)/t19-/m1/s1. The van der Waals surface area contributed by atoms with Crippen molar-refractivity contribution in [2.75, 3.05) is 12.9 Å². The molecule has 2 rings (SSSR count). The molecule has 5 nitrogen and oxygen atoms in total. The molecule has 0 aliphatic rings. The second-order valence-corrected chi connectivity index (χ2v) is 9.92. The summed E-state index contributed by atoms with van der Waals surface area (Å²) in [6, 6.07) is 14.1. The quantitative estimate of drug-likeness (QED) is 0.757. The van der Waals surface area contributed by atoms with Gasteiger partial charge in [0.05, 0.1) is 10.9 Å². The fourth-order valence-corrected chi connectivity index (χ4v) is 3.59. The minimum atomic E-state index is -3.24. The van der Waals surface area contributed by atoms with Crippen molar-refractivity contribution >= 4 is 15.7 Å². The summed E-state index contributed by atoms with van der Waals surface area (Å²) in [7, 11) is -3.24. The maximum absolute atomic E-state index is 12.4. The minimum Gasteiger partial charge on any atom is -0.483 e. The lowest BCUT2D eigenvalue weighted by molar-refractivity contribution is -0.123. The predicted molar refractivity (Wildman–Crippen MR) is 111 cm³/mol. The minimum absolute atomic E-state index is 0.0784. The van der Waals surface area contributed by atoms with E-state index < -0.39 is 9.84 Å². The van der Waals surface area contributed by atoms with E-state index in [1.54, 1.807) is 24.3 Å². The summed E-state index contributed by atoms with van der Waals surface area (Å²) >= 11 is 0. The summed E-state index contributed by atoms with van der Waals surface area (Å²) in [4.78, 5) is 12.7. The Kier molecular flexibility index (Phi) is 6.88. The molecule has 1 amide bonds. The molecule has 0 bridgehead atoms. The van der Waals surface area contributed by atoms with Crippen LogP contribution in [0.2, 0.25) is 0 Å². The molecule has 152 valence electrons. The Bertz CT molecular complexity index is 912. The Morgan fingerprint density at radius 1 is 1.07 bits per heavy atom. The first-order chi connectivity index (χ1) is 13.0. The zero-order valence-electron chi connectivity index (χ0n) is 17.2. The molecule has 0 radical (unpaired) electrons. The van der Waals surface area contributed by atoms with Crippen LogP contribution in [0.15, 0.2) is 53.4 Å². The van der Waals surface area contributed by atoms with Crippen LogP contribution in [-0.2, 0) is 20.0 Å². The molecule has 6 heteroatoms. The highest BCUT2D eigenvalue weighted by molar-refractivity contribution is 7.90. The van der Waals surface area contributed by atoms with Gasteiger partial charge in [-0.25, -0.2) is 8.42 Å². The van der Waals surface area contributed by atoms with Crippen LogP contribution in [-0.4, -0.2) is 27.2 Å².